The molecular formula is C14H17N3O3. The molecule has 6 nitrogen and oxygen atoms in total. The van der Waals surface area contributed by atoms with E-state index in [1.54, 1.807) is 12.1 Å². The van der Waals surface area contributed by atoms with E-state index in [1.807, 2.05) is 19.1 Å². The molecule has 0 saturated carbocycles. The van der Waals surface area contributed by atoms with Gasteiger partial charge in [-0.05, 0) is 24.1 Å². The highest BCUT2D eigenvalue weighted by Gasteiger charge is 2.33. The molecule has 0 radical (unpaired) electrons. The third-order valence-corrected chi connectivity index (χ3v) is 3.53. The molecule has 0 fully saturated rings. The maximum atomic E-state index is 11.8. The van der Waals surface area contributed by atoms with Crippen molar-refractivity contribution in [2.24, 2.45) is 16.9 Å². The van der Waals surface area contributed by atoms with Gasteiger partial charge in [0.15, 0.2) is 0 Å². The number of amides is 1. The van der Waals surface area contributed by atoms with Crippen molar-refractivity contribution in [3.05, 3.63) is 29.8 Å². The summed E-state index contributed by atoms with van der Waals surface area (Å²) in [5, 5.41) is 12.9. The molecule has 20 heavy (non-hydrogen) atoms. The number of nitrogen functional groups attached to an aromatic ring is 1. The summed E-state index contributed by atoms with van der Waals surface area (Å²) in [7, 11) is 0. The minimum absolute atomic E-state index is 0.0303. The number of anilines is 1. The number of rotatable bonds is 4. The average Bonchev–Trinajstić information content (AvgIpc) is 2.40. The summed E-state index contributed by atoms with van der Waals surface area (Å²) in [5.74, 6) is -1.64. The zero-order valence-corrected chi connectivity index (χ0v) is 11.2. The van der Waals surface area contributed by atoms with Crippen LogP contribution in [0.1, 0.15) is 25.3 Å². The topological polar surface area (TPSA) is 105 Å². The third kappa shape index (κ3) is 2.96. The Morgan fingerprint density at radius 2 is 2.05 bits per heavy atom. The standard InChI is InChI=1S/C14H17N3O3/c1-8-11(6-7-12(18)19)14(20)17-16-13(8)9-2-4-10(15)5-3-9/h2-5,8,11H,6-7,15H2,1H3,(H,17,20)(H,18,19)/t8-,11?/m1/s1. The molecule has 2 rings (SSSR count). The largest absolute Gasteiger partial charge is 0.481 e. The van der Waals surface area contributed by atoms with E-state index < -0.39 is 5.97 Å². The van der Waals surface area contributed by atoms with Crippen LogP contribution in [0.2, 0.25) is 0 Å². The molecule has 4 N–H and O–H groups in total. The van der Waals surface area contributed by atoms with E-state index in [0.717, 1.165) is 11.3 Å². The van der Waals surface area contributed by atoms with Gasteiger partial charge in [0.1, 0.15) is 0 Å². The molecule has 0 saturated heterocycles. The van der Waals surface area contributed by atoms with E-state index in [1.165, 1.54) is 0 Å². The van der Waals surface area contributed by atoms with Crippen LogP contribution in [0, 0.1) is 11.8 Å². The minimum Gasteiger partial charge on any atom is -0.481 e. The number of benzene rings is 1. The van der Waals surface area contributed by atoms with Gasteiger partial charge < -0.3 is 10.8 Å². The van der Waals surface area contributed by atoms with Crippen LogP contribution in [0.15, 0.2) is 29.4 Å². The number of carboxylic acid groups (broad SMARTS) is 1. The second-order valence-electron chi connectivity index (χ2n) is 4.92. The van der Waals surface area contributed by atoms with Crippen LogP contribution in [-0.4, -0.2) is 22.7 Å². The Balaban J connectivity index is 2.20. The van der Waals surface area contributed by atoms with Crippen molar-refractivity contribution in [1.82, 2.24) is 5.43 Å². The first-order valence-electron chi connectivity index (χ1n) is 6.44. The van der Waals surface area contributed by atoms with Crippen LogP contribution in [0.5, 0.6) is 0 Å². The second-order valence-corrected chi connectivity index (χ2v) is 4.92. The fourth-order valence-electron chi connectivity index (χ4n) is 2.36. The highest BCUT2D eigenvalue weighted by Crippen LogP contribution is 2.26. The van der Waals surface area contributed by atoms with Crippen LogP contribution in [0.4, 0.5) is 5.69 Å². The van der Waals surface area contributed by atoms with Crippen molar-refractivity contribution in [3.63, 3.8) is 0 Å². The predicted molar refractivity (Wildman–Crippen MR) is 75.1 cm³/mol. The average molecular weight is 275 g/mol. The second kappa shape index (κ2) is 5.73. The van der Waals surface area contributed by atoms with Crippen molar-refractivity contribution in [2.45, 2.75) is 19.8 Å². The molecule has 2 atom stereocenters. The lowest BCUT2D eigenvalue weighted by Gasteiger charge is -2.27. The fourth-order valence-corrected chi connectivity index (χ4v) is 2.36. The summed E-state index contributed by atoms with van der Waals surface area (Å²) >= 11 is 0. The van der Waals surface area contributed by atoms with Gasteiger partial charge in [0.25, 0.3) is 0 Å². The number of nitrogens with one attached hydrogen (secondary N) is 1. The molecule has 1 unspecified atom stereocenters. The molecule has 6 heteroatoms. The van der Waals surface area contributed by atoms with Crippen LogP contribution in [0.25, 0.3) is 0 Å². The predicted octanol–water partition coefficient (Wildman–Crippen LogP) is 1.22. The van der Waals surface area contributed by atoms with Gasteiger partial charge >= 0.3 is 5.97 Å². The maximum absolute atomic E-state index is 11.8. The Labute approximate surface area is 116 Å². The van der Waals surface area contributed by atoms with E-state index in [2.05, 4.69) is 10.5 Å². The molecule has 0 spiro atoms. The van der Waals surface area contributed by atoms with Crippen LogP contribution in [0.3, 0.4) is 0 Å². The number of hydrazone groups is 1. The Hall–Kier alpha value is -2.37. The molecule has 1 heterocycles. The molecule has 1 aromatic rings. The maximum Gasteiger partial charge on any atom is 0.303 e. The molecular weight excluding hydrogens is 258 g/mol. The van der Waals surface area contributed by atoms with Gasteiger partial charge in [-0.25, -0.2) is 5.43 Å². The van der Waals surface area contributed by atoms with Gasteiger partial charge in [-0.2, -0.15) is 5.10 Å². The first-order valence-corrected chi connectivity index (χ1v) is 6.44. The van der Waals surface area contributed by atoms with Gasteiger partial charge in [0, 0.05) is 23.9 Å². The summed E-state index contributed by atoms with van der Waals surface area (Å²) in [6, 6.07) is 7.23. The summed E-state index contributed by atoms with van der Waals surface area (Å²) in [5.41, 5.74) is 10.4. The summed E-state index contributed by atoms with van der Waals surface area (Å²) in [4.78, 5) is 22.5. The van der Waals surface area contributed by atoms with Crippen molar-refractivity contribution in [2.75, 3.05) is 5.73 Å². The number of carbonyl (C=O) groups is 2. The Kier molecular flexibility index (Phi) is 4.02. The van der Waals surface area contributed by atoms with Gasteiger partial charge in [0.2, 0.25) is 5.91 Å². The molecule has 0 aliphatic carbocycles. The zero-order valence-electron chi connectivity index (χ0n) is 11.2. The van der Waals surface area contributed by atoms with E-state index in [9.17, 15) is 9.59 Å². The van der Waals surface area contributed by atoms with Crippen LogP contribution in [-0.2, 0) is 9.59 Å². The van der Waals surface area contributed by atoms with Crippen molar-refractivity contribution >= 4 is 23.3 Å². The smallest absolute Gasteiger partial charge is 0.303 e. The fraction of sp³-hybridized carbons (Fsp3) is 0.357. The quantitative estimate of drug-likeness (QED) is 0.718. The third-order valence-electron chi connectivity index (χ3n) is 3.53. The SMILES string of the molecule is C[C@H]1C(c2ccc(N)cc2)=NNC(=O)C1CCC(=O)O. The lowest BCUT2D eigenvalue weighted by molar-refractivity contribution is -0.137. The number of carboxylic acids is 1. The lowest BCUT2D eigenvalue weighted by Crippen LogP contribution is -2.41. The van der Waals surface area contributed by atoms with Gasteiger partial charge in [-0.15, -0.1) is 0 Å². The summed E-state index contributed by atoms with van der Waals surface area (Å²) < 4.78 is 0. The molecule has 0 aromatic heterocycles. The number of carbonyl (C=O) groups excluding carboxylic acids is 1. The number of hydrogen-bond donors (Lipinski definition) is 3. The Morgan fingerprint density at radius 3 is 2.65 bits per heavy atom. The normalized spacial score (nSPS) is 22.1. The van der Waals surface area contributed by atoms with E-state index in [4.69, 9.17) is 10.8 Å². The van der Waals surface area contributed by atoms with E-state index in [0.29, 0.717) is 12.1 Å². The van der Waals surface area contributed by atoms with E-state index in [-0.39, 0.29) is 24.2 Å². The number of hydrogen-bond acceptors (Lipinski definition) is 4. The number of nitrogens with zero attached hydrogens (tertiary/aromatic N) is 1. The van der Waals surface area contributed by atoms with Crippen LogP contribution < -0.4 is 11.2 Å². The minimum atomic E-state index is -0.901. The van der Waals surface area contributed by atoms with Crippen molar-refractivity contribution < 1.29 is 14.7 Å². The molecule has 1 aromatic carbocycles. The Morgan fingerprint density at radius 1 is 1.40 bits per heavy atom. The zero-order chi connectivity index (χ0) is 14.7. The molecule has 1 aliphatic heterocycles. The van der Waals surface area contributed by atoms with Crippen molar-refractivity contribution in [1.29, 1.82) is 0 Å². The van der Waals surface area contributed by atoms with Crippen LogP contribution >= 0.6 is 0 Å². The first-order chi connectivity index (χ1) is 9.49. The summed E-state index contributed by atoms with van der Waals surface area (Å²) in [6.07, 6.45) is 0.272. The molecule has 1 aliphatic rings. The first kappa shape index (κ1) is 14.0. The highest BCUT2D eigenvalue weighted by atomic mass is 16.4. The monoisotopic (exact) mass is 275 g/mol. The Bertz CT molecular complexity index is 551. The number of nitrogens with two attached hydrogens (primary N) is 1. The summed E-state index contributed by atoms with van der Waals surface area (Å²) in [6.45, 7) is 1.89. The number of aliphatic carboxylic acids is 1. The van der Waals surface area contributed by atoms with Gasteiger partial charge in [-0.1, -0.05) is 19.1 Å². The molecule has 0 bridgehead atoms. The van der Waals surface area contributed by atoms with Gasteiger partial charge in [-0.3, -0.25) is 9.59 Å². The molecule has 106 valence electrons. The lowest BCUT2D eigenvalue weighted by atomic mass is 9.82. The highest BCUT2D eigenvalue weighted by molar-refractivity contribution is 6.06. The van der Waals surface area contributed by atoms with E-state index >= 15 is 0 Å². The molecule has 1 amide bonds. The van der Waals surface area contributed by atoms with Gasteiger partial charge in [0.05, 0.1) is 5.71 Å². The van der Waals surface area contributed by atoms with Crippen molar-refractivity contribution in [3.8, 4) is 0 Å².